The highest BCUT2D eigenvalue weighted by Gasteiger charge is 2.12. The van der Waals surface area contributed by atoms with Gasteiger partial charge in [0.15, 0.2) is 0 Å². The van der Waals surface area contributed by atoms with Crippen LogP contribution in [-0.2, 0) is 4.79 Å². The Morgan fingerprint density at radius 2 is 1.85 bits per heavy atom. The summed E-state index contributed by atoms with van der Waals surface area (Å²) in [7, 11) is 5.22. The minimum Gasteiger partial charge on any atom is -0.497 e. The highest BCUT2D eigenvalue weighted by Crippen LogP contribution is 2.29. The normalized spacial score (nSPS) is 11.6. The highest BCUT2D eigenvalue weighted by molar-refractivity contribution is 5.92. The highest BCUT2D eigenvalue weighted by atomic mass is 16.5. The molecule has 2 aromatic rings. The molecule has 2 N–H and O–H groups in total. The first kappa shape index (κ1) is 20.6. The van der Waals surface area contributed by atoms with Gasteiger partial charge in [0.25, 0.3) is 0 Å². The van der Waals surface area contributed by atoms with E-state index in [2.05, 4.69) is 34.7 Å². The lowest BCUT2D eigenvalue weighted by Crippen LogP contribution is -2.36. The van der Waals surface area contributed by atoms with Crippen molar-refractivity contribution < 1.29 is 14.3 Å². The van der Waals surface area contributed by atoms with Crippen molar-refractivity contribution in [3.8, 4) is 11.5 Å². The van der Waals surface area contributed by atoms with E-state index in [1.165, 1.54) is 5.69 Å². The SMILES string of the molecule is COc1ccc(OC)c(NC(=O)CC(C)NCCN(C)c2ccccc2)c1. The summed E-state index contributed by atoms with van der Waals surface area (Å²) in [5, 5.41) is 6.29. The summed E-state index contributed by atoms with van der Waals surface area (Å²) in [6, 6.07) is 15.6. The molecule has 0 aromatic heterocycles. The van der Waals surface area contributed by atoms with Crippen LogP contribution in [0.5, 0.6) is 11.5 Å². The van der Waals surface area contributed by atoms with Crippen molar-refractivity contribution in [2.75, 3.05) is 44.6 Å². The molecule has 0 saturated heterocycles. The number of carbonyl (C=O) groups is 1. The quantitative estimate of drug-likeness (QED) is 0.672. The number of carbonyl (C=O) groups excluding carboxylic acids is 1. The van der Waals surface area contributed by atoms with E-state index in [0.29, 0.717) is 23.6 Å². The predicted octanol–water partition coefficient (Wildman–Crippen LogP) is 3.15. The Morgan fingerprint density at radius 1 is 1.11 bits per heavy atom. The monoisotopic (exact) mass is 371 g/mol. The maximum Gasteiger partial charge on any atom is 0.226 e. The van der Waals surface area contributed by atoms with Crippen molar-refractivity contribution in [2.45, 2.75) is 19.4 Å². The summed E-state index contributed by atoms with van der Waals surface area (Å²) >= 11 is 0. The van der Waals surface area contributed by atoms with Gasteiger partial charge in [0.2, 0.25) is 5.91 Å². The van der Waals surface area contributed by atoms with E-state index in [0.717, 1.165) is 13.1 Å². The zero-order valence-electron chi connectivity index (χ0n) is 16.5. The van der Waals surface area contributed by atoms with Crippen LogP contribution in [0.3, 0.4) is 0 Å². The van der Waals surface area contributed by atoms with Gasteiger partial charge in [-0.05, 0) is 31.2 Å². The van der Waals surface area contributed by atoms with E-state index in [-0.39, 0.29) is 11.9 Å². The molecule has 0 aliphatic carbocycles. The molecule has 0 radical (unpaired) electrons. The number of likely N-dealkylation sites (N-methyl/N-ethyl adjacent to an activating group) is 1. The molecule has 0 heterocycles. The van der Waals surface area contributed by atoms with E-state index in [1.807, 2.05) is 25.1 Å². The number of nitrogens with one attached hydrogen (secondary N) is 2. The van der Waals surface area contributed by atoms with Crippen molar-refractivity contribution in [1.82, 2.24) is 5.32 Å². The van der Waals surface area contributed by atoms with E-state index >= 15 is 0 Å². The molecule has 0 aliphatic heterocycles. The molecule has 1 unspecified atom stereocenters. The van der Waals surface area contributed by atoms with Crippen LogP contribution in [0.1, 0.15) is 13.3 Å². The number of hydrogen-bond acceptors (Lipinski definition) is 5. The molecular weight excluding hydrogens is 342 g/mol. The maximum absolute atomic E-state index is 12.4. The molecule has 0 spiro atoms. The van der Waals surface area contributed by atoms with Gasteiger partial charge in [-0.1, -0.05) is 18.2 Å². The lowest BCUT2D eigenvalue weighted by molar-refractivity contribution is -0.116. The first-order chi connectivity index (χ1) is 13.0. The number of nitrogens with zero attached hydrogens (tertiary/aromatic N) is 1. The van der Waals surface area contributed by atoms with Crippen LogP contribution >= 0.6 is 0 Å². The lowest BCUT2D eigenvalue weighted by atomic mass is 10.2. The number of ether oxygens (including phenoxy) is 2. The number of anilines is 2. The van der Waals surface area contributed by atoms with Crippen LogP contribution in [-0.4, -0.2) is 46.3 Å². The third-order valence-corrected chi connectivity index (χ3v) is 4.31. The summed E-state index contributed by atoms with van der Waals surface area (Å²) in [5.41, 5.74) is 1.78. The smallest absolute Gasteiger partial charge is 0.226 e. The number of methoxy groups -OCH3 is 2. The first-order valence-corrected chi connectivity index (χ1v) is 9.05. The van der Waals surface area contributed by atoms with Gasteiger partial charge in [-0.3, -0.25) is 4.79 Å². The van der Waals surface area contributed by atoms with Gasteiger partial charge in [0, 0.05) is 44.4 Å². The predicted molar refractivity (Wildman–Crippen MR) is 110 cm³/mol. The van der Waals surface area contributed by atoms with Gasteiger partial charge in [0.05, 0.1) is 19.9 Å². The summed E-state index contributed by atoms with van der Waals surface area (Å²) in [4.78, 5) is 14.5. The summed E-state index contributed by atoms with van der Waals surface area (Å²) in [6.45, 7) is 3.66. The Kier molecular flexibility index (Phi) is 7.95. The third-order valence-electron chi connectivity index (χ3n) is 4.31. The fourth-order valence-electron chi connectivity index (χ4n) is 2.75. The molecular formula is C21H29N3O3. The third kappa shape index (κ3) is 6.49. The molecule has 146 valence electrons. The number of rotatable bonds is 10. The van der Waals surface area contributed by atoms with Gasteiger partial charge >= 0.3 is 0 Å². The fourth-order valence-corrected chi connectivity index (χ4v) is 2.75. The van der Waals surface area contributed by atoms with Crippen molar-refractivity contribution >= 4 is 17.3 Å². The maximum atomic E-state index is 12.4. The Morgan fingerprint density at radius 3 is 2.52 bits per heavy atom. The van der Waals surface area contributed by atoms with Crippen LogP contribution in [0.4, 0.5) is 11.4 Å². The second-order valence-corrected chi connectivity index (χ2v) is 6.43. The number of para-hydroxylation sites is 1. The van der Waals surface area contributed by atoms with E-state index < -0.39 is 0 Å². The van der Waals surface area contributed by atoms with Crippen molar-refractivity contribution in [3.05, 3.63) is 48.5 Å². The minimum absolute atomic E-state index is 0.0609. The number of hydrogen-bond donors (Lipinski definition) is 2. The molecule has 2 aromatic carbocycles. The van der Waals surface area contributed by atoms with Crippen LogP contribution in [0.2, 0.25) is 0 Å². The Hall–Kier alpha value is -2.73. The molecule has 1 amide bonds. The average Bonchev–Trinajstić information content (AvgIpc) is 2.68. The van der Waals surface area contributed by atoms with Crippen LogP contribution < -0.4 is 25.0 Å². The summed E-state index contributed by atoms with van der Waals surface area (Å²) in [6.07, 6.45) is 0.370. The largest absolute Gasteiger partial charge is 0.497 e. The first-order valence-electron chi connectivity index (χ1n) is 9.05. The average molecular weight is 371 g/mol. The minimum atomic E-state index is -0.0713. The number of amides is 1. The van der Waals surface area contributed by atoms with Crippen molar-refractivity contribution in [1.29, 1.82) is 0 Å². The zero-order chi connectivity index (χ0) is 19.6. The van der Waals surface area contributed by atoms with Gasteiger partial charge in [-0.25, -0.2) is 0 Å². The van der Waals surface area contributed by atoms with Crippen molar-refractivity contribution in [2.24, 2.45) is 0 Å². The standard InChI is InChI=1S/C21H29N3O3/c1-16(22-12-13-24(2)17-8-6-5-7-9-17)14-21(25)23-19-15-18(26-3)10-11-20(19)27-4/h5-11,15-16,22H,12-14H2,1-4H3,(H,23,25). The topological polar surface area (TPSA) is 62.8 Å². The Balaban J connectivity index is 1.78. The Labute approximate surface area is 161 Å². The lowest BCUT2D eigenvalue weighted by Gasteiger charge is -2.21. The van der Waals surface area contributed by atoms with Crippen LogP contribution in [0.25, 0.3) is 0 Å². The second kappa shape index (κ2) is 10.4. The molecule has 2 rings (SSSR count). The zero-order valence-corrected chi connectivity index (χ0v) is 16.5. The van der Waals surface area contributed by atoms with Gasteiger partial charge in [-0.2, -0.15) is 0 Å². The molecule has 6 heteroatoms. The molecule has 0 saturated carbocycles. The van der Waals surface area contributed by atoms with E-state index in [1.54, 1.807) is 32.4 Å². The molecule has 0 fully saturated rings. The van der Waals surface area contributed by atoms with E-state index in [9.17, 15) is 4.79 Å². The number of benzene rings is 2. The van der Waals surface area contributed by atoms with Crippen LogP contribution in [0, 0.1) is 0 Å². The second-order valence-electron chi connectivity index (χ2n) is 6.43. The van der Waals surface area contributed by atoms with Gasteiger partial charge in [-0.15, -0.1) is 0 Å². The molecule has 6 nitrogen and oxygen atoms in total. The van der Waals surface area contributed by atoms with Gasteiger partial charge in [0.1, 0.15) is 11.5 Å². The summed E-state index contributed by atoms with van der Waals surface area (Å²) in [5.74, 6) is 1.20. The van der Waals surface area contributed by atoms with Crippen molar-refractivity contribution in [3.63, 3.8) is 0 Å². The molecule has 0 aliphatic rings. The van der Waals surface area contributed by atoms with Crippen LogP contribution in [0.15, 0.2) is 48.5 Å². The fraction of sp³-hybridized carbons (Fsp3) is 0.381. The molecule has 0 bridgehead atoms. The summed E-state index contributed by atoms with van der Waals surface area (Å²) < 4.78 is 10.5. The molecule has 27 heavy (non-hydrogen) atoms. The van der Waals surface area contributed by atoms with E-state index in [4.69, 9.17) is 9.47 Å². The molecule has 1 atom stereocenters. The Bertz CT molecular complexity index is 722. The van der Waals surface area contributed by atoms with Gasteiger partial charge < -0.3 is 25.0 Å².